The highest BCUT2D eigenvalue weighted by Gasteiger charge is 2.24. The van der Waals surface area contributed by atoms with Crippen molar-refractivity contribution < 1.29 is 14.6 Å². The number of aliphatic hydroxyl groups excluding tert-OH is 1. The van der Waals surface area contributed by atoms with Gasteiger partial charge in [0, 0.05) is 24.4 Å². The van der Waals surface area contributed by atoms with E-state index in [0.717, 1.165) is 29.4 Å². The van der Waals surface area contributed by atoms with Gasteiger partial charge in [0.05, 0.1) is 6.10 Å². The summed E-state index contributed by atoms with van der Waals surface area (Å²) in [6.07, 6.45) is 4.31. The van der Waals surface area contributed by atoms with Crippen LogP contribution in [0.1, 0.15) is 46.5 Å². The van der Waals surface area contributed by atoms with Crippen LogP contribution in [0.5, 0.6) is 5.75 Å². The van der Waals surface area contributed by atoms with Gasteiger partial charge in [0.15, 0.2) is 0 Å². The molecule has 3 rings (SSSR count). The van der Waals surface area contributed by atoms with Crippen molar-refractivity contribution in [2.75, 3.05) is 5.32 Å². The summed E-state index contributed by atoms with van der Waals surface area (Å²) < 4.78 is 5.97. The number of ether oxygens (including phenoxy) is 1. The molecule has 1 fully saturated rings. The van der Waals surface area contributed by atoms with Gasteiger partial charge in [-0.15, -0.1) is 0 Å². The molecule has 5 heteroatoms. The van der Waals surface area contributed by atoms with Crippen molar-refractivity contribution in [2.45, 2.75) is 58.7 Å². The molecule has 0 saturated heterocycles. The molecule has 5 nitrogen and oxygen atoms in total. The second-order valence-corrected chi connectivity index (χ2v) is 8.03. The van der Waals surface area contributed by atoms with Crippen molar-refractivity contribution in [3.05, 3.63) is 30.5 Å². The van der Waals surface area contributed by atoms with E-state index in [1.54, 1.807) is 6.20 Å². The number of hydrogen-bond donors (Lipinski definition) is 2. The molecule has 1 saturated carbocycles. The lowest BCUT2D eigenvalue weighted by molar-refractivity contribution is -0.117. The van der Waals surface area contributed by atoms with Crippen LogP contribution in [0, 0.1) is 5.41 Å². The predicted molar refractivity (Wildman–Crippen MR) is 98.7 cm³/mol. The first kappa shape index (κ1) is 17.7. The second kappa shape index (κ2) is 7.00. The molecule has 2 N–H and O–H groups in total. The van der Waals surface area contributed by atoms with E-state index in [-0.39, 0.29) is 23.5 Å². The van der Waals surface area contributed by atoms with Crippen LogP contribution in [-0.2, 0) is 4.79 Å². The molecule has 0 radical (unpaired) electrons. The van der Waals surface area contributed by atoms with E-state index in [1.165, 1.54) is 0 Å². The predicted octanol–water partition coefficient (Wildman–Crippen LogP) is 3.90. The molecular weight excluding hydrogens is 316 g/mol. The van der Waals surface area contributed by atoms with Gasteiger partial charge < -0.3 is 15.2 Å². The average molecular weight is 342 g/mol. The third kappa shape index (κ3) is 4.69. The summed E-state index contributed by atoms with van der Waals surface area (Å²) in [4.78, 5) is 16.5. The average Bonchev–Trinajstić information content (AvgIpc) is 2.90. The normalized spacial score (nSPS) is 20.6. The van der Waals surface area contributed by atoms with Crippen molar-refractivity contribution in [1.29, 1.82) is 0 Å². The van der Waals surface area contributed by atoms with Gasteiger partial charge in [-0.1, -0.05) is 20.8 Å². The fourth-order valence-electron chi connectivity index (χ4n) is 3.20. The fraction of sp³-hybridized carbons (Fsp3) is 0.500. The smallest absolute Gasteiger partial charge is 0.226 e. The summed E-state index contributed by atoms with van der Waals surface area (Å²) >= 11 is 0. The topological polar surface area (TPSA) is 71.5 Å². The minimum atomic E-state index is -0.251. The summed E-state index contributed by atoms with van der Waals surface area (Å²) in [6, 6.07) is 7.69. The summed E-state index contributed by atoms with van der Waals surface area (Å²) in [5.41, 5.74) is -0.0679. The minimum absolute atomic E-state index is 0.0345. The summed E-state index contributed by atoms with van der Waals surface area (Å²) in [6.45, 7) is 6.10. The minimum Gasteiger partial charge on any atom is -0.490 e. The Morgan fingerprint density at radius 3 is 2.80 bits per heavy atom. The molecule has 2 atom stereocenters. The molecule has 1 heterocycles. The van der Waals surface area contributed by atoms with Crippen molar-refractivity contribution in [1.82, 2.24) is 4.98 Å². The van der Waals surface area contributed by atoms with Crippen molar-refractivity contribution >= 4 is 22.5 Å². The lowest BCUT2D eigenvalue weighted by Gasteiger charge is -2.18. The molecule has 0 aliphatic heterocycles. The first-order valence-corrected chi connectivity index (χ1v) is 8.83. The zero-order chi connectivity index (χ0) is 18.0. The molecule has 134 valence electrons. The molecule has 0 bridgehead atoms. The Morgan fingerprint density at radius 1 is 1.32 bits per heavy atom. The number of aromatic nitrogens is 1. The van der Waals surface area contributed by atoms with Crippen LogP contribution in [0.4, 0.5) is 5.82 Å². The Hall–Kier alpha value is -2.14. The number of benzene rings is 1. The van der Waals surface area contributed by atoms with E-state index in [2.05, 4.69) is 10.3 Å². The molecule has 1 aromatic carbocycles. The number of amides is 1. The maximum Gasteiger partial charge on any atom is 0.226 e. The van der Waals surface area contributed by atoms with Gasteiger partial charge >= 0.3 is 0 Å². The Bertz CT molecular complexity index is 767. The fourth-order valence-corrected chi connectivity index (χ4v) is 3.20. The zero-order valence-corrected chi connectivity index (χ0v) is 15.1. The lowest BCUT2D eigenvalue weighted by atomic mass is 9.92. The Morgan fingerprint density at radius 2 is 2.12 bits per heavy atom. The highest BCUT2D eigenvalue weighted by atomic mass is 16.5. The quantitative estimate of drug-likeness (QED) is 0.884. The Labute approximate surface area is 148 Å². The highest BCUT2D eigenvalue weighted by molar-refractivity contribution is 6.00. The van der Waals surface area contributed by atoms with Crippen LogP contribution in [0.25, 0.3) is 10.8 Å². The first-order valence-electron chi connectivity index (χ1n) is 8.83. The van der Waals surface area contributed by atoms with Gasteiger partial charge in [-0.2, -0.15) is 0 Å². The molecule has 25 heavy (non-hydrogen) atoms. The van der Waals surface area contributed by atoms with Crippen molar-refractivity contribution in [3.63, 3.8) is 0 Å². The molecule has 1 aliphatic carbocycles. The lowest BCUT2D eigenvalue weighted by Crippen LogP contribution is -2.20. The third-order valence-electron chi connectivity index (χ3n) is 4.34. The van der Waals surface area contributed by atoms with Gasteiger partial charge in [-0.05, 0) is 47.9 Å². The van der Waals surface area contributed by atoms with Gasteiger partial charge in [0.2, 0.25) is 5.91 Å². The van der Waals surface area contributed by atoms with Crippen LogP contribution in [0.3, 0.4) is 0 Å². The van der Waals surface area contributed by atoms with Gasteiger partial charge in [-0.3, -0.25) is 4.79 Å². The van der Waals surface area contributed by atoms with Crippen LogP contribution < -0.4 is 10.1 Å². The summed E-state index contributed by atoms with van der Waals surface area (Å²) in [7, 11) is 0. The number of rotatable bonds is 4. The molecular formula is C20H26N2O3. The zero-order valence-electron chi connectivity index (χ0n) is 15.1. The van der Waals surface area contributed by atoms with Gasteiger partial charge in [0.1, 0.15) is 17.7 Å². The van der Waals surface area contributed by atoms with E-state index < -0.39 is 0 Å². The molecule has 2 unspecified atom stereocenters. The van der Waals surface area contributed by atoms with E-state index in [9.17, 15) is 9.90 Å². The van der Waals surface area contributed by atoms with Crippen molar-refractivity contribution in [2.24, 2.45) is 5.41 Å². The van der Waals surface area contributed by atoms with Crippen molar-refractivity contribution in [3.8, 4) is 5.75 Å². The number of hydrogen-bond acceptors (Lipinski definition) is 4. The summed E-state index contributed by atoms with van der Waals surface area (Å²) in [5.74, 6) is 1.33. The van der Waals surface area contributed by atoms with E-state index in [1.807, 2.05) is 45.0 Å². The Balaban J connectivity index is 1.76. The number of nitrogens with one attached hydrogen (secondary N) is 1. The molecule has 0 spiro atoms. The monoisotopic (exact) mass is 342 g/mol. The largest absolute Gasteiger partial charge is 0.490 e. The number of aliphatic hydroxyl groups is 1. The van der Waals surface area contributed by atoms with E-state index in [4.69, 9.17) is 4.74 Å². The third-order valence-corrected chi connectivity index (χ3v) is 4.34. The second-order valence-electron chi connectivity index (χ2n) is 8.03. The summed E-state index contributed by atoms with van der Waals surface area (Å²) in [5, 5.41) is 14.4. The first-order chi connectivity index (χ1) is 11.8. The van der Waals surface area contributed by atoms with Crippen LogP contribution >= 0.6 is 0 Å². The number of nitrogens with zero attached hydrogens (tertiary/aromatic N) is 1. The van der Waals surface area contributed by atoms with E-state index >= 15 is 0 Å². The van der Waals surface area contributed by atoms with E-state index in [0.29, 0.717) is 18.7 Å². The molecule has 1 amide bonds. The number of pyridine rings is 1. The maximum atomic E-state index is 12.2. The molecule has 1 aromatic heterocycles. The number of carbonyl (C=O) groups is 1. The van der Waals surface area contributed by atoms with Crippen LogP contribution in [0.15, 0.2) is 30.5 Å². The molecule has 1 aliphatic rings. The standard InChI is InChI=1S/C20H26N2O3/c1-20(2,3)12-18(24)22-19-17-7-6-15(10-13(17)8-9-21-19)25-16-5-4-14(23)11-16/h6-10,14,16,23H,4-5,11-12H2,1-3H3,(H,21,22,24). The maximum absolute atomic E-state index is 12.2. The van der Waals surface area contributed by atoms with Gasteiger partial charge in [0.25, 0.3) is 0 Å². The number of anilines is 1. The van der Waals surface area contributed by atoms with Gasteiger partial charge in [-0.25, -0.2) is 4.98 Å². The molecule has 2 aromatic rings. The Kier molecular flexibility index (Phi) is 4.95. The SMILES string of the molecule is CC(C)(C)CC(=O)Nc1nccc2cc(OC3CCC(O)C3)ccc12. The number of fused-ring (bicyclic) bond motifs is 1. The van der Waals surface area contributed by atoms with Crippen LogP contribution in [-0.4, -0.2) is 28.2 Å². The number of carbonyl (C=O) groups excluding carboxylic acids is 1. The highest BCUT2D eigenvalue weighted by Crippen LogP contribution is 2.29. The van der Waals surface area contributed by atoms with Crippen LogP contribution in [0.2, 0.25) is 0 Å².